The van der Waals surface area contributed by atoms with E-state index < -0.39 is 0 Å². The van der Waals surface area contributed by atoms with Crippen LogP contribution in [0.25, 0.3) is 0 Å². The topological polar surface area (TPSA) is 36.3 Å². The van der Waals surface area contributed by atoms with Gasteiger partial charge in [-0.15, -0.1) is 0 Å². The highest BCUT2D eigenvalue weighted by Gasteiger charge is 2.08. The Kier molecular flexibility index (Phi) is 4.19. The van der Waals surface area contributed by atoms with Gasteiger partial charge < -0.3 is 9.64 Å². The van der Waals surface area contributed by atoms with Crippen LogP contribution < -0.4 is 4.74 Å². The average molecular weight is 218 g/mol. The minimum Gasteiger partial charge on any atom is -0.496 e. The Balaban J connectivity index is 2.98. The molecule has 1 rings (SSSR count). The quantitative estimate of drug-likeness (QED) is 0.576. The van der Waals surface area contributed by atoms with Crippen molar-refractivity contribution in [2.75, 3.05) is 14.2 Å². The number of ether oxygens (including phenoxy) is 1. The summed E-state index contributed by atoms with van der Waals surface area (Å²) in [7, 11) is 3.46. The number of rotatable bonds is 4. The van der Waals surface area contributed by atoms with E-state index in [1.165, 1.54) is 5.56 Å². The zero-order valence-electron chi connectivity index (χ0n) is 10.3. The SMILES string of the molecule is COc1ccc(CN(C)C#N)cc1C(C)C. The molecule has 0 aliphatic carbocycles. The summed E-state index contributed by atoms with van der Waals surface area (Å²) in [5, 5.41) is 8.73. The fraction of sp³-hybridized carbons (Fsp3) is 0.462. The molecule has 0 unspecified atom stereocenters. The van der Waals surface area contributed by atoms with Crippen LogP contribution in [0.15, 0.2) is 18.2 Å². The van der Waals surface area contributed by atoms with Gasteiger partial charge in [-0.3, -0.25) is 0 Å². The zero-order chi connectivity index (χ0) is 12.1. The second-order valence-electron chi connectivity index (χ2n) is 4.19. The van der Waals surface area contributed by atoms with Gasteiger partial charge in [0.2, 0.25) is 0 Å². The summed E-state index contributed by atoms with van der Waals surface area (Å²) in [6.45, 7) is 4.91. The van der Waals surface area contributed by atoms with Gasteiger partial charge in [0.25, 0.3) is 0 Å². The number of methoxy groups -OCH3 is 1. The van der Waals surface area contributed by atoms with Crippen molar-refractivity contribution in [3.05, 3.63) is 29.3 Å². The summed E-state index contributed by atoms with van der Waals surface area (Å²) >= 11 is 0. The molecule has 0 saturated carbocycles. The van der Waals surface area contributed by atoms with Crippen molar-refractivity contribution in [1.82, 2.24) is 4.90 Å². The van der Waals surface area contributed by atoms with Crippen molar-refractivity contribution < 1.29 is 4.74 Å². The predicted molar refractivity (Wildman–Crippen MR) is 64.2 cm³/mol. The first-order valence-corrected chi connectivity index (χ1v) is 5.36. The molecule has 86 valence electrons. The van der Waals surface area contributed by atoms with E-state index in [2.05, 4.69) is 26.1 Å². The molecule has 1 aromatic carbocycles. The molecule has 0 spiro atoms. The summed E-state index contributed by atoms with van der Waals surface area (Å²) in [6, 6.07) is 6.08. The van der Waals surface area contributed by atoms with Gasteiger partial charge >= 0.3 is 0 Å². The lowest BCUT2D eigenvalue weighted by atomic mass is 9.99. The molecule has 0 N–H and O–H groups in total. The standard InChI is InChI=1S/C13H18N2O/c1-10(2)12-7-11(8-15(3)9-14)5-6-13(12)16-4/h5-7,10H,8H2,1-4H3. The molecule has 1 aromatic rings. The number of nitrogens with zero attached hydrogens (tertiary/aromatic N) is 2. The van der Waals surface area contributed by atoms with E-state index in [1.807, 2.05) is 12.1 Å². The fourth-order valence-electron chi connectivity index (χ4n) is 1.64. The second kappa shape index (κ2) is 5.41. The molecular weight excluding hydrogens is 200 g/mol. The van der Waals surface area contributed by atoms with Crippen LogP contribution in [0.5, 0.6) is 5.75 Å². The Morgan fingerprint density at radius 2 is 2.12 bits per heavy atom. The summed E-state index contributed by atoms with van der Waals surface area (Å²) in [6.07, 6.45) is 2.09. The van der Waals surface area contributed by atoms with Gasteiger partial charge in [-0.1, -0.05) is 26.0 Å². The van der Waals surface area contributed by atoms with E-state index >= 15 is 0 Å². The van der Waals surface area contributed by atoms with Gasteiger partial charge in [-0.25, -0.2) is 0 Å². The highest BCUT2D eigenvalue weighted by molar-refractivity contribution is 5.39. The second-order valence-corrected chi connectivity index (χ2v) is 4.19. The van der Waals surface area contributed by atoms with Crippen LogP contribution in [-0.2, 0) is 6.54 Å². The highest BCUT2D eigenvalue weighted by Crippen LogP contribution is 2.27. The third kappa shape index (κ3) is 2.90. The maximum Gasteiger partial charge on any atom is 0.179 e. The third-order valence-corrected chi connectivity index (χ3v) is 2.51. The van der Waals surface area contributed by atoms with Gasteiger partial charge in [-0.2, -0.15) is 5.26 Å². The minimum atomic E-state index is 0.419. The smallest absolute Gasteiger partial charge is 0.179 e. The first kappa shape index (κ1) is 12.4. The monoisotopic (exact) mass is 218 g/mol. The lowest BCUT2D eigenvalue weighted by Crippen LogP contribution is -2.10. The van der Waals surface area contributed by atoms with Crippen LogP contribution in [0, 0.1) is 11.5 Å². The van der Waals surface area contributed by atoms with Gasteiger partial charge in [0.05, 0.1) is 13.7 Å². The third-order valence-electron chi connectivity index (χ3n) is 2.51. The summed E-state index contributed by atoms with van der Waals surface area (Å²) < 4.78 is 5.31. The van der Waals surface area contributed by atoms with Gasteiger partial charge in [0, 0.05) is 7.05 Å². The van der Waals surface area contributed by atoms with Crippen molar-refractivity contribution in [1.29, 1.82) is 5.26 Å². The molecule has 0 radical (unpaired) electrons. The van der Waals surface area contributed by atoms with Crippen LogP contribution in [0.3, 0.4) is 0 Å². The number of benzene rings is 1. The Labute approximate surface area is 97.3 Å². The molecule has 0 atom stereocenters. The Hall–Kier alpha value is -1.69. The maximum atomic E-state index is 8.73. The normalized spacial score (nSPS) is 10.0. The van der Waals surface area contributed by atoms with Crippen molar-refractivity contribution in [3.8, 4) is 11.9 Å². The fourth-order valence-corrected chi connectivity index (χ4v) is 1.64. The van der Waals surface area contributed by atoms with E-state index in [9.17, 15) is 0 Å². The largest absolute Gasteiger partial charge is 0.496 e. The molecule has 3 heteroatoms. The van der Waals surface area contributed by atoms with E-state index in [-0.39, 0.29) is 0 Å². The molecule has 0 aromatic heterocycles. The predicted octanol–water partition coefficient (Wildman–Crippen LogP) is 2.73. The van der Waals surface area contributed by atoms with Gasteiger partial charge in [0.15, 0.2) is 6.19 Å². The summed E-state index contributed by atoms with van der Waals surface area (Å²) in [5.41, 5.74) is 2.32. The molecular formula is C13H18N2O. The Morgan fingerprint density at radius 3 is 2.62 bits per heavy atom. The molecule has 16 heavy (non-hydrogen) atoms. The van der Waals surface area contributed by atoms with Crippen LogP contribution in [0.1, 0.15) is 30.9 Å². The molecule has 0 fully saturated rings. The summed E-state index contributed by atoms with van der Waals surface area (Å²) in [5.74, 6) is 1.33. The first-order valence-electron chi connectivity index (χ1n) is 5.36. The zero-order valence-corrected chi connectivity index (χ0v) is 10.3. The molecule has 0 heterocycles. The van der Waals surface area contributed by atoms with Crippen molar-refractivity contribution >= 4 is 0 Å². The maximum absolute atomic E-state index is 8.73. The van der Waals surface area contributed by atoms with Crippen LogP contribution >= 0.6 is 0 Å². The summed E-state index contributed by atoms with van der Waals surface area (Å²) in [4.78, 5) is 1.60. The van der Waals surface area contributed by atoms with Crippen LogP contribution in [0.4, 0.5) is 0 Å². The van der Waals surface area contributed by atoms with Gasteiger partial charge in [-0.05, 0) is 23.1 Å². The lowest BCUT2D eigenvalue weighted by molar-refractivity contribution is 0.406. The first-order chi connectivity index (χ1) is 7.58. The van der Waals surface area contributed by atoms with E-state index in [1.54, 1.807) is 19.1 Å². The van der Waals surface area contributed by atoms with Crippen LogP contribution in [-0.4, -0.2) is 19.1 Å². The number of hydrogen-bond donors (Lipinski definition) is 0. The van der Waals surface area contributed by atoms with Crippen molar-refractivity contribution in [3.63, 3.8) is 0 Å². The lowest BCUT2D eigenvalue weighted by Gasteiger charge is -2.15. The van der Waals surface area contributed by atoms with E-state index in [4.69, 9.17) is 10.00 Å². The highest BCUT2D eigenvalue weighted by atomic mass is 16.5. The molecule has 0 bridgehead atoms. The minimum absolute atomic E-state index is 0.419. The van der Waals surface area contributed by atoms with E-state index in [0.717, 1.165) is 11.3 Å². The van der Waals surface area contributed by atoms with Crippen molar-refractivity contribution in [2.24, 2.45) is 0 Å². The van der Waals surface area contributed by atoms with Crippen LogP contribution in [0.2, 0.25) is 0 Å². The van der Waals surface area contributed by atoms with E-state index in [0.29, 0.717) is 12.5 Å². The Bertz CT molecular complexity index is 393. The number of nitriles is 1. The molecule has 0 amide bonds. The molecule has 3 nitrogen and oxygen atoms in total. The molecule has 0 aliphatic rings. The van der Waals surface area contributed by atoms with Gasteiger partial charge in [0.1, 0.15) is 5.75 Å². The van der Waals surface area contributed by atoms with Crippen molar-refractivity contribution in [2.45, 2.75) is 26.3 Å². The average Bonchev–Trinajstić information content (AvgIpc) is 2.28. The number of hydrogen-bond acceptors (Lipinski definition) is 3. The molecule has 0 saturated heterocycles. The molecule has 0 aliphatic heterocycles. The Morgan fingerprint density at radius 1 is 1.44 bits per heavy atom.